The quantitative estimate of drug-likeness (QED) is 0.784. The zero-order valence-electron chi connectivity index (χ0n) is 16.6. The second-order valence-corrected chi connectivity index (χ2v) is 8.08. The number of carbonyl (C=O) groups is 4. The first-order valence-corrected chi connectivity index (χ1v) is 9.30. The molecule has 8 nitrogen and oxygen atoms in total. The molecule has 1 fully saturated rings. The number of piperidine rings is 1. The molecule has 4 amide bonds. The standard InChI is InChI=1S/C20H25N3O5/c1-20(2,3)23-17(25)14-6-5-12(11-15(14)18(23)26)16(24)21-13-7-9-22(10-8-13)19(27)28-4/h5-6,11,13H,7-10H2,1-4H3,(H,21,24). The fourth-order valence-corrected chi connectivity index (χ4v) is 3.60. The fraction of sp³-hybridized carbons (Fsp3) is 0.500. The van der Waals surface area contributed by atoms with E-state index in [4.69, 9.17) is 4.74 Å². The number of likely N-dealkylation sites (tertiary alicyclic amines) is 1. The molecule has 1 N–H and O–H groups in total. The zero-order valence-corrected chi connectivity index (χ0v) is 16.6. The van der Waals surface area contributed by atoms with E-state index in [2.05, 4.69) is 5.32 Å². The van der Waals surface area contributed by atoms with Gasteiger partial charge >= 0.3 is 6.09 Å². The minimum absolute atomic E-state index is 0.0648. The van der Waals surface area contributed by atoms with Crippen molar-refractivity contribution in [3.63, 3.8) is 0 Å². The second-order valence-electron chi connectivity index (χ2n) is 8.08. The molecule has 2 aliphatic heterocycles. The zero-order chi connectivity index (χ0) is 20.6. The highest BCUT2D eigenvalue weighted by Crippen LogP contribution is 2.30. The molecule has 0 saturated carbocycles. The molecule has 8 heteroatoms. The van der Waals surface area contributed by atoms with Crippen LogP contribution in [0.3, 0.4) is 0 Å². The Balaban J connectivity index is 1.69. The number of nitrogens with zero attached hydrogens (tertiary/aromatic N) is 2. The van der Waals surface area contributed by atoms with E-state index in [1.54, 1.807) is 31.7 Å². The summed E-state index contributed by atoms with van der Waals surface area (Å²) in [4.78, 5) is 52.2. The van der Waals surface area contributed by atoms with E-state index >= 15 is 0 Å². The van der Waals surface area contributed by atoms with Crippen molar-refractivity contribution in [3.8, 4) is 0 Å². The van der Waals surface area contributed by atoms with Crippen molar-refractivity contribution in [1.29, 1.82) is 0 Å². The number of carbonyl (C=O) groups excluding carboxylic acids is 4. The third-order valence-corrected chi connectivity index (χ3v) is 5.08. The Labute approximate surface area is 163 Å². The minimum atomic E-state index is -0.636. The van der Waals surface area contributed by atoms with Crippen LogP contribution < -0.4 is 5.32 Å². The predicted molar refractivity (Wildman–Crippen MR) is 101 cm³/mol. The van der Waals surface area contributed by atoms with E-state index in [1.807, 2.05) is 0 Å². The summed E-state index contributed by atoms with van der Waals surface area (Å²) < 4.78 is 4.71. The van der Waals surface area contributed by atoms with Gasteiger partial charge in [0.25, 0.3) is 17.7 Å². The third-order valence-electron chi connectivity index (χ3n) is 5.08. The van der Waals surface area contributed by atoms with E-state index < -0.39 is 5.54 Å². The average molecular weight is 387 g/mol. The van der Waals surface area contributed by atoms with Crippen molar-refractivity contribution in [3.05, 3.63) is 34.9 Å². The van der Waals surface area contributed by atoms with Crippen LogP contribution >= 0.6 is 0 Å². The number of ether oxygens (including phenoxy) is 1. The van der Waals surface area contributed by atoms with Gasteiger partial charge in [-0.1, -0.05) is 0 Å². The van der Waals surface area contributed by atoms with Crippen LogP contribution in [0.25, 0.3) is 0 Å². The van der Waals surface area contributed by atoms with Crippen molar-refractivity contribution in [2.45, 2.75) is 45.2 Å². The Morgan fingerprint density at radius 2 is 1.68 bits per heavy atom. The molecule has 0 bridgehead atoms. The molecule has 2 heterocycles. The summed E-state index contributed by atoms with van der Waals surface area (Å²) in [6.07, 6.45) is 0.886. The molecule has 0 radical (unpaired) electrons. The lowest BCUT2D eigenvalue weighted by Crippen LogP contribution is -2.46. The number of rotatable bonds is 2. The van der Waals surface area contributed by atoms with Crippen molar-refractivity contribution in [2.24, 2.45) is 0 Å². The van der Waals surface area contributed by atoms with Crippen LogP contribution in [0, 0.1) is 0 Å². The van der Waals surface area contributed by atoms with Gasteiger partial charge in [-0.05, 0) is 51.8 Å². The first-order valence-electron chi connectivity index (χ1n) is 9.30. The number of hydrogen-bond donors (Lipinski definition) is 1. The summed E-state index contributed by atoms with van der Waals surface area (Å²) in [5, 5.41) is 2.94. The molecule has 1 aromatic carbocycles. The van der Waals surface area contributed by atoms with Gasteiger partial charge in [0.2, 0.25) is 0 Å². The first kappa shape index (κ1) is 19.9. The topological polar surface area (TPSA) is 96.0 Å². The number of methoxy groups -OCH3 is 1. The van der Waals surface area contributed by atoms with Gasteiger partial charge in [0.15, 0.2) is 0 Å². The van der Waals surface area contributed by atoms with Crippen LogP contribution in [0.1, 0.15) is 64.7 Å². The molecule has 150 valence electrons. The number of nitrogens with one attached hydrogen (secondary N) is 1. The summed E-state index contributed by atoms with van der Waals surface area (Å²) in [5.41, 5.74) is 0.283. The molecule has 0 aliphatic carbocycles. The lowest BCUT2D eigenvalue weighted by Gasteiger charge is -2.31. The summed E-state index contributed by atoms with van der Waals surface area (Å²) in [6.45, 7) is 6.40. The minimum Gasteiger partial charge on any atom is -0.453 e. The van der Waals surface area contributed by atoms with Crippen LogP contribution in [-0.4, -0.2) is 65.4 Å². The van der Waals surface area contributed by atoms with Crippen LogP contribution in [0.2, 0.25) is 0 Å². The van der Waals surface area contributed by atoms with Crippen LogP contribution in [0.4, 0.5) is 4.79 Å². The van der Waals surface area contributed by atoms with Gasteiger partial charge in [0, 0.05) is 30.2 Å². The van der Waals surface area contributed by atoms with Gasteiger partial charge < -0.3 is 15.0 Å². The van der Waals surface area contributed by atoms with Crippen molar-refractivity contribution in [1.82, 2.24) is 15.1 Å². The number of amides is 4. The highest BCUT2D eigenvalue weighted by molar-refractivity contribution is 6.22. The molecule has 2 aliphatic rings. The van der Waals surface area contributed by atoms with Crippen LogP contribution in [-0.2, 0) is 4.74 Å². The summed E-state index contributed by atoms with van der Waals surface area (Å²) >= 11 is 0. The fourth-order valence-electron chi connectivity index (χ4n) is 3.60. The maximum Gasteiger partial charge on any atom is 0.409 e. The van der Waals surface area contributed by atoms with E-state index in [0.29, 0.717) is 37.1 Å². The summed E-state index contributed by atoms with van der Waals surface area (Å²) in [6, 6.07) is 4.52. The highest BCUT2D eigenvalue weighted by Gasteiger charge is 2.42. The third kappa shape index (κ3) is 3.58. The molecule has 0 spiro atoms. The molecule has 28 heavy (non-hydrogen) atoms. The summed E-state index contributed by atoms with van der Waals surface area (Å²) in [7, 11) is 1.34. The molecule has 0 aromatic heterocycles. The van der Waals surface area contributed by atoms with Gasteiger partial charge in [-0.3, -0.25) is 19.3 Å². The van der Waals surface area contributed by atoms with Crippen LogP contribution in [0.5, 0.6) is 0 Å². The smallest absolute Gasteiger partial charge is 0.409 e. The monoisotopic (exact) mass is 387 g/mol. The number of imide groups is 1. The molecule has 0 atom stereocenters. The molecular formula is C20H25N3O5. The maximum absolute atomic E-state index is 12.7. The van der Waals surface area contributed by atoms with Crippen molar-refractivity contribution < 1.29 is 23.9 Å². The number of benzene rings is 1. The largest absolute Gasteiger partial charge is 0.453 e. The van der Waals surface area contributed by atoms with Gasteiger partial charge in [-0.15, -0.1) is 0 Å². The Kier molecular flexibility index (Phi) is 5.14. The normalized spacial score (nSPS) is 17.6. The Morgan fingerprint density at radius 3 is 2.25 bits per heavy atom. The molecular weight excluding hydrogens is 362 g/mol. The van der Waals surface area contributed by atoms with E-state index in [9.17, 15) is 19.2 Å². The SMILES string of the molecule is COC(=O)N1CCC(NC(=O)c2ccc3c(c2)C(=O)N(C(C)(C)C)C3=O)CC1. The van der Waals surface area contributed by atoms with E-state index in [-0.39, 0.29) is 35.4 Å². The van der Waals surface area contributed by atoms with Crippen molar-refractivity contribution in [2.75, 3.05) is 20.2 Å². The highest BCUT2D eigenvalue weighted by atomic mass is 16.5. The Bertz CT molecular complexity index is 835. The molecule has 0 unspecified atom stereocenters. The number of hydrogen-bond acceptors (Lipinski definition) is 5. The van der Waals surface area contributed by atoms with Gasteiger partial charge in [-0.2, -0.15) is 0 Å². The Hall–Kier alpha value is -2.90. The second kappa shape index (κ2) is 7.26. The molecule has 1 aromatic rings. The maximum atomic E-state index is 12.7. The first-order chi connectivity index (χ1) is 13.1. The molecule has 3 rings (SSSR count). The summed E-state index contributed by atoms with van der Waals surface area (Å²) in [5.74, 6) is -1.02. The average Bonchev–Trinajstić information content (AvgIpc) is 2.91. The van der Waals surface area contributed by atoms with Crippen LogP contribution in [0.15, 0.2) is 18.2 Å². The van der Waals surface area contributed by atoms with E-state index in [0.717, 1.165) is 0 Å². The van der Waals surface area contributed by atoms with Gasteiger partial charge in [0.05, 0.1) is 18.2 Å². The van der Waals surface area contributed by atoms with Crippen molar-refractivity contribution >= 4 is 23.8 Å². The lowest BCUT2D eigenvalue weighted by molar-refractivity contribution is 0.0507. The van der Waals surface area contributed by atoms with E-state index in [1.165, 1.54) is 24.1 Å². The molecule has 1 saturated heterocycles. The Morgan fingerprint density at radius 1 is 1.07 bits per heavy atom. The number of fused-ring (bicyclic) bond motifs is 1. The predicted octanol–water partition coefficient (Wildman–Crippen LogP) is 2.04. The lowest BCUT2D eigenvalue weighted by atomic mass is 10.0. The van der Waals surface area contributed by atoms with Gasteiger partial charge in [0.1, 0.15) is 0 Å². The van der Waals surface area contributed by atoms with Gasteiger partial charge in [-0.25, -0.2) is 4.79 Å².